The van der Waals surface area contributed by atoms with Crippen LogP contribution in [0.25, 0.3) is 0 Å². The largest absolute Gasteiger partial charge is 0.319 e. The van der Waals surface area contributed by atoms with Gasteiger partial charge >= 0.3 is 0 Å². The summed E-state index contributed by atoms with van der Waals surface area (Å²) in [5, 5.41) is 8.44. The Morgan fingerprint density at radius 3 is 2.50 bits per heavy atom. The van der Waals surface area contributed by atoms with Crippen molar-refractivity contribution in [1.82, 2.24) is 15.1 Å². The second-order valence-electron chi connectivity index (χ2n) is 5.30. The number of nitrogens with one attached hydrogen (secondary N) is 1. The van der Waals surface area contributed by atoms with E-state index in [4.69, 9.17) is 11.6 Å². The van der Waals surface area contributed by atoms with E-state index in [1.54, 1.807) is 4.68 Å². The molecular weight excluding hydrogens is 270 g/mol. The zero-order chi connectivity index (χ0) is 14.5. The number of rotatable bonds is 6. The molecule has 1 aromatic carbocycles. The Hall–Kier alpha value is -1.32. The van der Waals surface area contributed by atoms with E-state index in [9.17, 15) is 0 Å². The zero-order valence-corrected chi connectivity index (χ0v) is 13.1. The third kappa shape index (κ3) is 3.62. The van der Waals surface area contributed by atoms with E-state index in [0.717, 1.165) is 30.2 Å². The first-order valence-electron chi connectivity index (χ1n) is 6.98. The lowest BCUT2D eigenvalue weighted by Crippen LogP contribution is -2.23. The molecule has 0 bridgehead atoms. The van der Waals surface area contributed by atoms with Gasteiger partial charge in [-0.05, 0) is 44.8 Å². The van der Waals surface area contributed by atoms with Crippen LogP contribution in [0.1, 0.15) is 16.8 Å². The van der Waals surface area contributed by atoms with Crippen LogP contribution in [-0.4, -0.2) is 23.4 Å². The molecule has 1 N–H and O–H groups in total. The molecule has 1 atom stereocenters. The number of hydrogen-bond donors (Lipinski definition) is 1. The van der Waals surface area contributed by atoms with Gasteiger partial charge in [0.25, 0.3) is 0 Å². The van der Waals surface area contributed by atoms with Gasteiger partial charge < -0.3 is 5.32 Å². The van der Waals surface area contributed by atoms with Gasteiger partial charge in [0.1, 0.15) is 5.15 Å². The monoisotopic (exact) mass is 291 g/mol. The maximum Gasteiger partial charge on any atom is 0.130 e. The van der Waals surface area contributed by atoms with Gasteiger partial charge in [-0.25, -0.2) is 0 Å². The van der Waals surface area contributed by atoms with E-state index in [1.165, 1.54) is 11.1 Å². The molecule has 0 radical (unpaired) electrons. The molecule has 0 aliphatic heterocycles. The number of benzene rings is 1. The van der Waals surface area contributed by atoms with Crippen LogP contribution in [0.3, 0.4) is 0 Å². The van der Waals surface area contributed by atoms with Crippen LogP contribution in [0.4, 0.5) is 0 Å². The third-order valence-electron chi connectivity index (χ3n) is 3.62. The van der Waals surface area contributed by atoms with Gasteiger partial charge in [0, 0.05) is 12.6 Å². The Kier molecular flexibility index (Phi) is 5.21. The van der Waals surface area contributed by atoms with E-state index in [-0.39, 0.29) is 0 Å². The van der Waals surface area contributed by atoms with Gasteiger partial charge in [0.15, 0.2) is 0 Å². The highest BCUT2D eigenvalue weighted by atomic mass is 35.5. The zero-order valence-electron chi connectivity index (χ0n) is 12.4. The molecule has 20 heavy (non-hydrogen) atoms. The SMILES string of the molecule is CNCC(Cc1ccccc1)Cc1c(C)nn(C)c1Cl. The van der Waals surface area contributed by atoms with Gasteiger partial charge in [-0.3, -0.25) is 4.68 Å². The molecule has 108 valence electrons. The third-order valence-corrected chi connectivity index (χ3v) is 4.10. The summed E-state index contributed by atoms with van der Waals surface area (Å²) in [6.45, 7) is 3.00. The molecule has 1 unspecified atom stereocenters. The Morgan fingerprint density at radius 2 is 1.95 bits per heavy atom. The quantitative estimate of drug-likeness (QED) is 0.887. The molecule has 0 aliphatic carbocycles. The van der Waals surface area contributed by atoms with Gasteiger partial charge in [-0.2, -0.15) is 5.10 Å². The minimum absolute atomic E-state index is 0.516. The predicted octanol–water partition coefficient (Wildman–Crippen LogP) is 3.00. The van der Waals surface area contributed by atoms with Gasteiger partial charge in [-0.15, -0.1) is 0 Å². The van der Waals surface area contributed by atoms with Gasteiger partial charge in [0.2, 0.25) is 0 Å². The summed E-state index contributed by atoms with van der Waals surface area (Å²) in [6.07, 6.45) is 2.00. The van der Waals surface area contributed by atoms with Crippen LogP contribution in [0.2, 0.25) is 5.15 Å². The average Bonchev–Trinajstić information content (AvgIpc) is 2.67. The molecule has 1 heterocycles. The number of aryl methyl sites for hydroxylation is 2. The molecule has 0 spiro atoms. The van der Waals surface area contributed by atoms with Crippen LogP contribution in [0.15, 0.2) is 30.3 Å². The van der Waals surface area contributed by atoms with E-state index in [2.05, 4.69) is 40.7 Å². The second kappa shape index (κ2) is 6.91. The van der Waals surface area contributed by atoms with Crippen molar-refractivity contribution in [3.63, 3.8) is 0 Å². The number of hydrogen-bond acceptors (Lipinski definition) is 2. The lowest BCUT2D eigenvalue weighted by atomic mass is 9.92. The first-order valence-corrected chi connectivity index (χ1v) is 7.36. The summed E-state index contributed by atoms with van der Waals surface area (Å²) in [5.41, 5.74) is 3.57. The molecule has 2 rings (SSSR count). The van der Waals surface area contributed by atoms with Crippen LogP contribution >= 0.6 is 11.6 Å². The topological polar surface area (TPSA) is 29.9 Å². The highest BCUT2D eigenvalue weighted by Crippen LogP contribution is 2.23. The maximum absolute atomic E-state index is 6.34. The predicted molar refractivity (Wildman–Crippen MR) is 84.2 cm³/mol. The molecule has 4 heteroatoms. The van der Waals surface area contributed by atoms with Crippen molar-refractivity contribution in [3.8, 4) is 0 Å². The summed E-state index contributed by atoms with van der Waals surface area (Å²) in [6, 6.07) is 10.6. The van der Waals surface area contributed by atoms with E-state index < -0.39 is 0 Å². The summed E-state index contributed by atoms with van der Waals surface area (Å²) < 4.78 is 1.76. The number of nitrogens with zero attached hydrogens (tertiary/aromatic N) is 2. The van der Waals surface area contributed by atoms with Crippen LogP contribution < -0.4 is 5.32 Å². The fourth-order valence-electron chi connectivity index (χ4n) is 2.65. The van der Waals surface area contributed by atoms with Crippen molar-refractivity contribution >= 4 is 11.6 Å². The summed E-state index contributed by atoms with van der Waals surface area (Å²) >= 11 is 6.34. The normalized spacial score (nSPS) is 12.6. The maximum atomic E-state index is 6.34. The molecular formula is C16H22ClN3. The van der Waals surface area contributed by atoms with Crippen LogP contribution in [0.5, 0.6) is 0 Å². The average molecular weight is 292 g/mol. The summed E-state index contributed by atoms with van der Waals surface area (Å²) in [4.78, 5) is 0. The van der Waals surface area contributed by atoms with Crippen molar-refractivity contribution in [2.45, 2.75) is 19.8 Å². The fourth-order valence-corrected chi connectivity index (χ4v) is 2.90. The van der Waals surface area contributed by atoms with Crippen molar-refractivity contribution in [3.05, 3.63) is 52.3 Å². The van der Waals surface area contributed by atoms with Gasteiger partial charge in [-0.1, -0.05) is 41.9 Å². The molecule has 0 saturated heterocycles. The van der Waals surface area contributed by atoms with E-state index >= 15 is 0 Å². The Morgan fingerprint density at radius 1 is 1.25 bits per heavy atom. The first kappa shape index (κ1) is 15.1. The van der Waals surface area contributed by atoms with E-state index in [0.29, 0.717) is 5.92 Å². The van der Waals surface area contributed by atoms with Crippen molar-refractivity contribution in [2.24, 2.45) is 13.0 Å². The highest BCUT2D eigenvalue weighted by Gasteiger charge is 2.17. The van der Waals surface area contributed by atoms with Crippen molar-refractivity contribution in [2.75, 3.05) is 13.6 Å². The first-order chi connectivity index (χ1) is 9.61. The lowest BCUT2D eigenvalue weighted by Gasteiger charge is -2.16. The summed E-state index contributed by atoms with van der Waals surface area (Å²) in [7, 11) is 3.89. The smallest absolute Gasteiger partial charge is 0.130 e. The highest BCUT2D eigenvalue weighted by molar-refractivity contribution is 6.30. The standard InChI is InChI=1S/C16H22ClN3/c1-12-15(16(17)20(3)19-12)10-14(11-18-2)9-13-7-5-4-6-8-13/h4-8,14,18H,9-11H2,1-3H3. The molecule has 0 fully saturated rings. The number of aromatic nitrogens is 2. The van der Waals surface area contributed by atoms with Crippen LogP contribution in [0, 0.1) is 12.8 Å². The van der Waals surface area contributed by atoms with Crippen molar-refractivity contribution < 1.29 is 0 Å². The molecule has 2 aromatic rings. The second-order valence-corrected chi connectivity index (χ2v) is 5.65. The fraction of sp³-hybridized carbons (Fsp3) is 0.438. The minimum atomic E-state index is 0.516. The van der Waals surface area contributed by atoms with E-state index in [1.807, 2.05) is 21.0 Å². The Balaban J connectivity index is 2.13. The number of halogens is 1. The molecule has 0 saturated carbocycles. The Bertz CT molecular complexity index is 548. The molecule has 1 aromatic heterocycles. The van der Waals surface area contributed by atoms with Crippen LogP contribution in [-0.2, 0) is 19.9 Å². The molecule has 0 aliphatic rings. The van der Waals surface area contributed by atoms with Gasteiger partial charge in [0.05, 0.1) is 5.69 Å². The summed E-state index contributed by atoms with van der Waals surface area (Å²) in [5.74, 6) is 0.516. The lowest BCUT2D eigenvalue weighted by molar-refractivity contribution is 0.492. The molecule has 3 nitrogen and oxygen atoms in total. The Labute approximate surface area is 126 Å². The minimum Gasteiger partial charge on any atom is -0.319 e. The molecule has 0 amide bonds. The van der Waals surface area contributed by atoms with Crippen molar-refractivity contribution in [1.29, 1.82) is 0 Å².